The molecule has 1 aliphatic carbocycles. The Morgan fingerprint density at radius 1 is 1.36 bits per heavy atom. The Morgan fingerprint density at radius 2 is 2.00 bits per heavy atom. The Kier molecular flexibility index (Phi) is 3.34. The van der Waals surface area contributed by atoms with Crippen LogP contribution in [0, 0.1) is 11.8 Å². The summed E-state index contributed by atoms with van der Waals surface area (Å²) in [7, 11) is 0. The molecule has 1 unspecified atom stereocenters. The lowest BCUT2D eigenvalue weighted by Gasteiger charge is -2.11. The minimum atomic E-state index is -0.207. The summed E-state index contributed by atoms with van der Waals surface area (Å²) >= 11 is 0. The zero-order valence-electron chi connectivity index (χ0n) is 7.51. The number of aliphatic hydroxyl groups is 1. The largest absolute Gasteiger partial charge is 0.392 e. The smallest absolute Gasteiger partial charge is 0.0636 e. The van der Waals surface area contributed by atoms with Crippen molar-refractivity contribution in [2.45, 2.75) is 32.8 Å². The summed E-state index contributed by atoms with van der Waals surface area (Å²) in [5.74, 6) is 1.77. The van der Waals surface area contributed by atoms with Gasteiger partial charge < -0.3 is 10.4 Å². The first-order chi connectivity index (χ1) is 5.20. The van der Waals surface area contributed by atoms with Gasteiger partial charge >= 0.3 is 0 Å². The quantitative estimate of drug-likeness (QED) is 0.624. The summed E-state index contributed by atoms with van der Waals surface area (Å²) in [5, 5.41) is 12.2. The van der Waals surface area contributed by atoms with Crippen LogP contribution in [0.2, 0.25) is 0 Å². The predicted molar refractivity (Wildman–Crippen MR) is 46.4 cm³/mol. The molecule has 0 aromatic rings. The first-order valence-corrected chi connectivity index (χ1v) is 4.59. The molecule has 0 aromatic carbocycles. The average molecular weight is 157 g/mol. The minimum Gasteiger partial charge on any atom is -0.392 e. The van der Waals surface area contributed by atoms with E-state index in [0.29, 0.717) is 0 Å². The van der Waals surface area contributed by atoms with Gasteiger partial charge in [-0.3, -0.25) is 0 Å². The molecule has 1 fully saturated rings. The molecule has 2 heteroatoms. The molecule has 0 bridgehead atoms. The molecule has 2 nitrogen and oxygen atoms in total. The van der Waals surface area contributed by atoms with Crippen LogP contribution >= 0.6 is 0 Å². The second kappa shape index (κ2) is 4.07. The second-order valence-corrected chi connectivity index (χ2v) is 3.82. The van der Waals surface area contributed by atoms with Crippen molar-refractivity contribution in [3.63, 3.8) is 0 Å². The lowest BCUT2D eigenvalue weighted by molar-refractivity contribution is 0.189. The van der Waals surface area contributed by atoms with Gasteiger partial charge in [-0.2, -0.15) is 0 Å². The van der Waals surface area contributed by atoms with Crippen molar-refractivity contribution in [1.82, 2.24) is 5.32 Å². The SMILES string of the molecule is CC(CNC[C@H](C)O)C1CC1. The van der Waals surface area contributed by atoms with Crippen LogP contribution in [0.4, 0.5) is 0 Å². The molecule has 0 radical (unpaired) electrons. The molecule has 66 valence electrons. The molecule has 0 spiro atoms. The summed E-state index contributed by atoms with van der Waals surface area (Å²) < 4.78 is 0. The van der Waals surface area contributed by atoms with Gasteiger partial charge in [0.1, 0.15) is 0 Å². The topological polar surface area (TPSA) is 32.3 Å². The van der Waals surface area contributed by atoms with Crippen molar-refractivity contribution >= 4 is 0 Å². The van der Waals surface area contributed by atoms with Gasteiger partial charge in [0.15, 0.2) is 0 Å². The van der Waals surface area contributed by atoms with Crippen LogP contribution in [0.15, 0.2) is 0 Å². The van der Waals surface area contributed by atoms with Crippen molar-refractivity contribution in [2.24, 2.45) is 11.8 Å². The number of hydrogen-bond donors (Lipinski definition) is 2. The summed E-state index contributed by atoms with van der Waals surface area (Å²) in [6.07, 6.45) is 2.62. The van der Waals surface area contributed by atoms with Gasteiger partial charge in [0.05, 0.1) is 6.10 Å². The van der Waals surface area contributed by atoms with E-state index in [-0.39, 0.29) is 6.10 Å². The van der Waals surface area contributed by atoms with E-state index in [1.165, 1.54) is 12.8 Å². The summed E-state index contributed by atoms with van der Waals surface area (Å²) in [5.41, 5.74) is 0. The van der Waals surface area contributed by atoms with E-state index in [4.69, 9.17) is 5.11 Å². The lowest BCUT2D eigenvalue weighted by atomic mass is 10.1. The normalized spacial score (nSPS) is 23.2. The van der Waals surface area contributed by atoms with Crippen LogP contribution < -0.4 is 5.32 Å². The van der Waals surface area contributed by atoms with E-state index in [0.717, 1.165) is 24.9 Å². The fraction of sp³-hybridized carbons (Fsp3) is 1.00. The third-order valence-corrected chi connectivity index (χ3v) is 2.33. The summed E-state index contributed by atoms with van der Waals surface area (Å²) in [6.45, 7) is 5.90. The van der Waals surface area contributed by atoms with Crippen LogP contribution in [0.1, 0.15) is 26.7 Å². The van der Waals surface area contributed by atoms with Gasteiger partial charge in [-0.05, 0) is 38.1 Å². The Balaban J connectivity index is 1.93. The van der Waals surface area contributed by atoms with Gasteiger partial charge in [0, 0.05) is 6.54 Å². The number of aliphatic hydroxyl groups excluding tert-OH is 1. The zero-order chi connectivity index (χ0) is 8.27. The Labute approximate surface area is 69.0 Å². The summed E-state index contributed by atoms with van der Waals surface area (Å²) in [4.78, 5) is 0. The van der Waals surface area contributed by atoms with E-state index in [1.807, 2.05) is 6.92 Å². The van der Waals surface area contributed by atoms with E-state index < -0.39 is 0 Å². The van der Waals surface area contributed by atoms with Gasteiger partial charge in [-0.15, -0.1) is 0 Å². The fourth-order valence-electron chi connectivity index (χ4n) is 1.35. The van der Waals surface area contributed by atoms with Crippen LogP contribution in [0.3, 0.4) is 0 Å². The van der Waals surface area contributed by atoms with Crippen molar-refractivity contribution in [2.75, 3.05) is 13.1 Å². The minimum absolute atomic E-state index is 0.207. The molecule has 0 saturated heterocycles. The third kappa shape index (κ3) is 3.73. The first-order valence-electron chi connectivity index (χ1n) is 4.59. The molecule has 0 heterocycles. The molecule has 11 heavy (non-hydrogen) atoms. The molecule has 0 aliphatic heterocycles. The fourth-order valence-corrected chi connectivity index (χ4v) is 1.35. The second-order valence-electron chi connectivity index (χ2n) is 3.82. The number of hydrogen-bond acceptors (Lipinski definition) is 2. The molecule has 2 N–H and O–H groups in total. The third-order valence-electron chi connectivity index (χ3n) is 2.33. The van der Waals surface area contributed by atoms with E-state index in [2.05, 4.69) is 12.2 Å². The van der Waals surface area contributed by atoms with Crippen LogP contribution in [0.25, 0.3) is 0 Å². The van der Waals surface area contributed by atoms with Crippen molar-refractivity contribution in [3.8, 4) is 0 Å². The first kappa shape index (κ1) is 9.01. The van der Waals surface area contributed by atoms with Crippen molar-refractivity contribution in [1.29, 1.82) is 0 Å². The molecule has 1 saturated carbocycles. The maximum absolute atomic E-state index is 8.96. The molecule has 0 aromatic heterocycles. The highest BCUT2D eigenvalue weighted by Crippen LogP contribution is 2.35. The van der Waals surface area contributed by atoms with Crippen molar-refractivity contribution < 1.29 is 5.11 Å². The Hall–Kier alpha value is -0.0800. The maximum atomic E-state index is 8.96. The highest BCUT2D eigenvalue weighted by atomic mass is 16.3. The molecular formula is C9H19NO. The Bertz CT molecular complexity index is 110. The zero-order valence-corrected chi connectivity index (χ0v) is 7.51. The molecule has 0 amide bonds. The predicted octanol–water partition coefficient (Wildman–Crippen LogP) is 1.00. The summed E-state index contributed by atoms with van der Waals surface area (Å²) in [6, 6.07) is 0. The van der Waals surface area contributed by atoms with Gasteiger partial charge in [-0.25, -0.2) is 0 Å². The van der Waals surface area contributed by atoms with Gasteiger partial charge in [0.2, 0.25) is 0 Å². The Morgan fingerprint density at radius 3 is 2.45 bits per heavy atom. The van der Waals surface area contributed by atoms with Crippen LogP contribution in [0.5, 0.6) is 0 Å². The molecule has 1 rings (SSSR count). The van der Waals surface area contributed by atoms with Gasteiger partial charge in [0.25, 0.3) is 0 Å². The lowest BCUT2D eigenvalue weighted by Crippen LogP contribution is -2.29. The van der Waals surface area contributed by atoms with Gasteiger partial charge in [-0.1, -0.05) is 6.92 Å². The van der Waals surface area contributed by atoms with E-state index in [9.17, 15) is 0 Å². The van der Waals surface area contributed by atoms with Crippen molar-refractivity contribution in [3.05, 3.63) is 0 Å². The average Bonchev–Trinajstić information content (AvgIpc) is 2.66. The maximum Gasteiger partial charge on any atom is 0.0636 e. The standard InChI is InChI=1S/C9H19NO/c1-7(9-3-4-9)5-10-6-8(2)11/h7-11H,3-6H2,1-2H3/t7?,8-/m0/s1. The molecular weight excluding hydrogens is 138 g/mol. The van der Waals surface area contributed by atoms with E-state index in [1.54, 1.807) is 0 Å². The highest BCUT2D eigenvalue weighted by molar-refractivity contribution is 4.79. The number of rotatable bonds is 5. The van der Waals surface area contributed by atoms with Crippen LogP contribution in [-0.4, -0.2) is 24.3 Å². The highest BCUT2D eigenvalue weighted by Gasteiger charge is 2.27. The monoisotopic (exact) mass is 157 g/mol. The number of nitrogens with one attached hydrogen (secondary N) is 1. The van der Waals surface area contributed by atoms with Crippen LogP contribution in [-0.2, 0) is 0 Å². The van der Waals surface area contributed by atoms with E-state index >= 15 is 0 Å². The molecule has 1 aliphatic rings. The molecule has 2 atom stereocenters.